The molecule has 0 fully saturated rings. The third kappa shape index (κ3) is 5.28. The molecule has 0 saturated heterocycles. The first-order valence-corrected chi connectivity index (χ1v) is 10.5. The molecule has 0 aliphatic rings. The second-order valence-corrected chi connectivity index (χ2v) is 8.62. The smallest absolute Gasteiger partial charge is 0.175 e. The SMILES string of the molecule is CC[C@@H](NC(=S)Nc1ccc(C)c(C)c1)c1ccc(S(C)(=O)=O)cc1. The molecule has 2 aromatic carbocycles. The summed E-state index contributed by atoms with van der Waals surface area (Å²) in [5, 5.41) is 7.04. The summed E-state index contributed by atoms with van der Waals surface area (Å²) in [4.78, 5) is 0.321. The van der Waals surface area contributed by atoms with Gasteiger partial charge in [-0.3, -0.25) is 0 Å². The summed E-state index contributed by atoms with van der Waals surface area (Å²) in [7, 11) is -3.18. The third-order valence-corrected chi connectivity index (χ3v) is 5.54. The molecule has 2 aromatic rings. The zero-order valence-electron chi connectivity index (χ0n) is 15.0. The maximum Gasteiger partial charge on any atom is 0.175 e. The van der Waals surface area contributed by atoms with E-state index in [1.54, 1.807) is 12.1 Å². The lowest BCUT2D eigenvalue weighted by atomic mass is 10.1. The number of rotatable bonds is 5. The highest BCUT2D eigenvalue weighted by atomic mass is 32.2. The first-order chi connectivity index (χ1) is 11.7. The maximum absolute atomic E-state index is 11.6. The molecular formula is C19H24N2O2S2. The highest BCUT2D eigenvalue weighted by Crippen LogP contribution is 2.20. The fourth-order valence-corrected chi connectivity index (χ4v) is 3.40. The molecular weight excluding hydrogens is 352 g/mol. The Hall–Kier alpha value is -1.92. The molecule has 6 heteroatoms. The van der Waals surface area contributed by atoms with Crippen LogP contribution in [-0.4, -0.2) is 19.8 Å². The van der Waals surface area contributed by atoms with Crippen molar-refractivity contribution >= 4 is 32.9 Å². The van der Waals surface area contributed by atoms with E-state index in [0.29, 0.717) is 10.0 Å². The number of anilines is 1. The van der Waals surface area contributed by atoms with Crippen LogP contribution in [0.2, 0.25) is 0 Å². The fraction of sp³-hybridized carbons (Fsp3) is 0.316. The molecule has 0 bridgehead atoms. The molecule has 0 aromatic heterocycles. The van der Waals surface area contributed by atoms with E-state index in [2.05, 4.69) is 43.5 Å². The van der Waals surface area contributed by atoms with Crippen molar-refractivity contribution < 1.29 is 8.42 Å². The number of benzene rings is 2. The van der Waals surface area contributed by atoms with Crippen LogP contribution in [0.3, 0.4) is 0 Å². The normalized spacial score (nSPS) is 12.5. The van der Waals surface area contributed by atoms with Crippen LogP contribution >= 0.6 is 12.2 Å². The van der Waals surface area contributed by atoms with E-state index in [1.165, 1.54) is 17.4 Å². The molecule has 4 nitrogen and oxygen atoms in total. The fourth-order valence-electron chi connectivity index (χ4n) is 2.51. The van der Waals surface area contributed by atoms with Gasteiger partial charge in [-0.05, 0) is 73.4 Å². The quantitative estimate of drug-likeness (QED) is 0.768. The Bertz CT molecular complexity index is 859. The number of hydrogen-bond acceptors (Lipinski definition) is 3. The van der Waals surface area contributed by atoms with E-state index in [0.717, 1.165) is 17.7 Å². The minimum atomic E-state index is -3.18. The van der Waals surface area contributed by atoms with Crippen LogP contribution in [-0.2, 0) is 9.84 Å². The highest BCUT2D eigenvalue weighted by molar-refractivity contribution is 7.90. The molecule has 0 radical (unpaired) electrons. The standard InChI is InChI=1S/C19H24N2O2S2/c1-5-18(15-7-10-17(11-8-15)25(4,22)23)21-19(24)20-16-9-6-13(2)14(3)12-16/h6-12,18H,5H2,1-4H3,(H2,20,21,24)/t18-/m1/s1. The van der Waals surface area contributed by atoms with E-state index >= 15 is 0 Å². The van der Waals surface area contributed by atoms with Crippen LogP contribution in [0.5, 0.6) is 0 Å². The molecule has 1 atom stereocenters. The third-order valence-electron chi connectivity index (χ3n) is 4.19. The van der Waals surface area contributed by atoms with Crippen LogP contribution in [0.15, 0.2) is 47.4 Å². The molecule has 2 N–H and O–H groups in total. The minimum absolute atomic E-state index is 0.0140. The molecule has 0 aliphatic carbocycles. The largest absolute Gasteiger partial charge is 0.356 e. The molecule has 0 saturated carbocycles. The maximum atomic E-state index is 11.6. The van der Waals surface area contributed by atoms with Crippen LogP contribution in [0.4, 0.5) is 5.69 Å². The predicted octanol–water partition coefficient (Wildman–Crippen LogP) is 4.14. The Morgan fingerprint density at radius 3 is 2.24 bits per heavy atom. The van der Waals surface area contributed by atoms with Crippen molar-refractivity contribution in [1.82, 2.24) is 5.32 Å². The van der Waals surface area contributed by atoms with Crippen LogP contribution in [0.1, 0.15) is 36.1 Å². The first-order valence-electron chi connectivity index (χ1n) is 8.15. The van der Waals surface area contributed by atoms with Gasteiger partial charge in [0, 0.05) is 11.9 Å². The van der Waals surface area contributed by atoms with Gasteiger partial charge in [0.2, 0.25) is 0 Å². The highest BCUT2D eigenvalue weighted by Gasteiger charge is 2.13. The summed E-state index contributed by atoms with van der Waals surface area (Å²) in [6, 6.07) is 13.1. The summed E-state index contributed by atoms with van der Waals surface area (Å²) in [6.07, 6.45) is 2.03. The Labute approximate surface area is 155 Å². The predicted molar refractivity (Wildman–Crippen MR) is 108 cm³/mol. The summed E-state index contributed by atoms with van der Waals surface area (Å²) in [6.45, 7) is 6.19. The van der Waals surface area contributed by atoms with Crippen LogP contribution < -0.4 is 10.6 Å². The van der Waals surface area contributed by atoms with Crippen LogP contribution in [0.25, 0.3) is 0 Å². The average Bonchev–Trinajstić information content (AvgIpc) is 2.55. The molecule has 134 valence electrons. The van der Waals surface area contributed by atoms with Crippen molar-refractivity contribution in [3.05, 3.63) is 59.2 Å². The molecule has 0 heterocycles. The number of thiocarbonyl (C=S) groups is 1. The van der Waals surface area contributed by atoms with Gasteiger partial charge < -0.3 is 10.6 Å². The van der Waals surface area contributed by atoms with Crippen molar-refractivity contribution in [2.75, 3.05) is 11.6 Å². The van der Waals surface area contributed by atoms with Crippen molar-refractivity contribution in [3.63, 3.8) is 0 Å². The van der Waals surface area contributed by atoms with Crippen LogP contribution in [0, 0.1) is 13.8 Å². The molecule has 2 rings (SSSR count). The van der Waals surface area contributed by atoms with Gasteiger partial charge in [0.05, 0.1) is 10.9 Å². The number of sulfone groups is 1. The molecule has 0 unspecified atom stereocenters. The lowest BCUT2D eigenvalue weighted by molar-refractivity contribution is 0.601. The van der Waals surface area contributed by atoms with Gasteiger partial charge in [0.25, 0.3) is 0 Å². The summed E-state index contributed by atoms with van der Waals surface area (Å²) in [5.74, 6) is 0. The van der Waals surface area contributed by atoms with E-state index in [9.17, 15) is 8.42 Å². The van der Waals surface area contributed by atoms with Crippen molar-refractivity contribution in [2.45, 2.75) is 38.1 Å². The van der Waals surface area contributed by atoms with Gasteiger partial charge in [-0.1, -0.05) is 25.1 Å². The topological polar surface area (TPSA) is 58.2 Å². The Kier molecular flexibility index (Phi) is 6.19. The van der Waals surface area contributed by atoms with Crippen molar-refractivity contribution in [1.29, 1.82) is 0 Å². The zero-order valence-corrected chi connectivity index (χ0v) is 16.6. The summed E-state index contributed by atoms with van der Waals surface area (Å²) < 4.78 is 23.1. The van der Waals surface area contributed by atoms with E-state index in [4.69, 9.17) is 12.2 Å². The van der Waals surface area contributed by atoms with Gasteiger partial charge in [-0.25, -0.2) is 8.42 Å². The summed E-state index contributed by atoms with van der Waals surface area (Å²) >= 11 is 5.42. The number of aryl methyl sites for hydroxylation is 2. The molecule has 0 aliphatic heterocycles. The van der Waals surface area contributed by atoms with Crippen molar-refractivity contribution in [3.8, 4) is 0 Å². The Balaban J connectivity index is 2.08. The van der Waals surface area contributed by atoms with Gasteiger partial charge >= 0.3 is 0 Å². The van der Waals surface area contributed by atoms with Gasteiger partial charge in [0.1, 0.15) is 0 Å². The summed E-state index contributed by atoms with van der Waals surface area (Å²) in [5.41, 5.74) is 4.39. The van der Waals surface area contributed by atoms with Crippen molar-refractivity contribution in [2.24, 2.45) is 0 Å². The number of nitrogens with one attached hydrogen (secondary N) is 2. The Morgan fingerprint density at radius 1 is 1.08 bits per heavy atom. The number of hydrogen-bond donors (Lipinski definition) is 2. The van der Waals surface area contributed by atoms with Gasteiger partial charge in [-0.15, -0.1) is 0 Å². The second-order valence-electron chi connectivity index (χ2n) is 6.20. The Morgan fingerprint density at radius 2 is 1.72 bits per heavy atom. The van der Waals surface area contributed by atoms with E-state index in [-0.39, 0.29) is 6.04 Å². The first kappa shape index (κ1) is 19.4. The van der Waals surface area contributed by atoms with Gasteiger partial charge in [0.15, 0.2) is 14.9 Å². The van der Waals surface area contributed by atoms with E-state index in [1.807, 2.05) is 18.2 Å². The monoisotopic (exact) mass is 376 g/mol. The minimum Gasteiger partial charge on any atom is -0.356 e. The van der Waals surface area contributed by atoms with E-state index < -0.39 is 9.84 Å². The lowest BCUT2D eigenvalue weighted by Crippen LogP contribution is -2.32. The molecule has 0 amide bonds. The molecule has 0 spiro atoms. The average molecular weight is 377 g/mol. The van der Waals surface area contributed by atoms with Gasteiger partial charge in [-0.2, -0.15) is 0 Å². The second kappa shape index (κ2) is 7.97. The lowest BCUT2D eigenvalue weighted by Gasteiger charge is -2.20. The molecule has 25 heavy (non-hydrogen) atoms. The zero-order chi connectivity index (χ0) is 18.6.